The Labute approximate surface area is 126 Å². The summed E-state index contributed by atoms with van der Waals surface area (Å²) in [7, 11) is -3.73. The Morgan fingerprint density at radius 2 is 1.91 bits per heavy atom. The van der Waals surface area contributed by atoms with Gasteiger partial charge >= 0.3 is 0 Å². The van der Waals surface area contributed by atoms with Gasteiger partial charge in [-0.1, -0.05) is 6.07 Å². The Kier molecular flexibility index (Phi) is 3.51. The van der Waals surface area contributed by atoms with Crippen LogP contribution in [0.15, 0.2) is 41.7 Å². The fourth-order valence-corrected chi connectivity index (χ4v) is 2.66. The Balaban J connectivity index is 1.79. The number of rotatable bonds is 4. The minimum Gasteiger partial charge on any atom is -0.366 e. The Bertz CT molecular complexity index is 935. The summed E-state index contributed by atoms with van der Waals surface area (Å²) in [5.41, 5.74) is 8.05. The molecule has 8 nitrogen and oxygen atoms in total. The van der Waals surface area contributed by atoms with Gasteiger partial charge < -0.3 is 5.73 Å². The molecule has 3 heterocycles. The standard InChI is InChI=1S/C13H14N6O2S/c14-13-17-12-4-3-9(8-19(12)18-13)1-2-10-5-11(7-16-6-10)22(15,20)21/h3-8H,1-2H2,(H2,14,18)(H2,15,20,21). The molecule has 3 aromatic rings. The van der Waals surface area contributed by atoms with Crippen molar-refractivity contribution in [2.24, 2.45) is 5.14 Å². The van der Waals surface area contributed by atoms with Crippen molar-refractivity contribution in [3.63, 3.8) is 0 Å². The lowest BCUT2D eigenvalue weighted by Crippen LogP contribution is -2.12. The SMILES string of the molecule is Nc1nc2ccc(CCc3cncc(S(N)(=O)=O)c3)cn2n1. The maximum Gasteiger partial charge on any atom is 0.240 e. The van der Waals surface area contributed by atoms with Crippen LogP contribution in [-0.4, -0.2) is 28.0 Å². The van der Waals surface area contributed by atoms with Crippen molar-refractivity contribution in [3.8, 4) is 0 Å². The van der Waals surface area contributed by atoms with E-state index in [1.165, 1.54) is 12.3 Å². The zero-order valence-electron chi connectivity index (χ0n) is 11.5. The molecule has 0 aliphatic heterocycles. The lowest BCUT2D eigenvalue weighted by atomic mass is 10.1. The number of aryl methyl sites for hydroxylation is 2. The van der Waals surface area contributed by atoms with Gasteiger partial charge in [-0.05, 0) is 36.1 Å². The van der Waals surface area contributed by atoms with Gasteiger partial charge in [-0.3, -0.25) is 4.98 Å². The second-order valence-electron chi connectivity index (χ2n) is 4.88. The van der Waals surface area contributed by atoms with Gasteiger partial charge in [0, 0.05) is 18.6 Å². The normalized spacial score (nSPS) is 11.9. The highest BCUT2D eigenvalue weighted by Crippen LogP contribution is 2.12. The van der Waals surface area contributed by atoms with Crippen LogP contribution in [0, 0.1) is 0 Å². The monoisotopic (exact) mass is 318 g/mol. The molecule has 0 unspecified atom stereocenters. The quantitative estimate of drug-likeness (QED) is 0.704. The van der Waals surface area contributed by atoms with Gasteiger partial charge in [-0.15, -0.1) is 5.10 Å². The molecule has 0 amide bonds. The van der Waals surface area contributed by atoms with E-state index in [0.29, 0.717) is 18.5 Å². The lowest BCUT2D eigenvalue weighted by molar-refractivity contribution is 0.597. The Morgan fingerprint density at radius 1 is 1.14 bits per heavy atom. The van der Waals surface area contributed by atoms with Gasteiger partial charge in [0.2, 0.25) is 16.0 Å². The lowest BCUT2D eigenvalue weighted by Gasteiger charge is -2.04. The summed E-state index contributed by atoms with van der Waals surface area (Å²) in [5, 5.41) is 9.15. The number of primary sulfonamides is 1. The second kappa shape index (κ2) is 5.35. The third-order valence-corrected chi connectivity index (χ3v) is 4.09. The van der Waals surface area contributed by atoms with Crippen LogP contribution in [0.4, 0.5) is 5.95 Å². The van der Waals surface area contributed by atoms with E-state index >= 15 is 0 Å². The third kappa shape index (κ3) is 3.05. The maximum absolute atomic E-state index is 11.3. The van der Waals surface area contributed by atoms with E-state index in [9.17, 15) is 8.42 Å². The first-order valence-corrected chi connectivity index (χ1v) is 8.04. The van der Waals surface area contributed by atoms with Gasteiger partial charge in [0.15, 0.2) is 5.65 Å². The molecule has 0 spiro atoms. The maximum atomic E-state index is 11.3. The molecule has 9 heteroatoms. The number of sulfonamides is 1. The zero-order valence-corrected chi connectivity index (χ0v) is 12.4. The number of nitrogens with two attached hydrogens (primary N) is 2. The average molecular weight is 318 g/mol. The Morgan fingerprint density at radius 3 is 2.68 bits per heavy atom. The van der Waals surface area contributed by atoms with Crippen LogP contribution in [0.1, 0.15) is 11.1 Å². The summed E-state index contributed by atoms with van der Waals surface area (Å²) in [6.07, 6.45) is 6.04. The summed E-state index contributed by atoms with van der Waals surface area (Å²) < 4.78 is 24.2. The Hall–Kier alpha value is -2.52. The van der Waals surface area contributed by atoms with E-state index < -0.39 is 10.0 Å². The predicted octanol–water partition coefficient (Wildman–Crippen LogP) is 0.139. The van der Waals surface area contributed by atoms with Gasteiger partial charge in [-0.2, -0.15) is 4.98 Å². The summed E-state index contributed by atoms with van der Waals surface area (Å²) >= 11 is 0. The van der Waals surface area contributed by atoms with E-state index in [1.807, 2.05) is 18.3 Å². The van der Waals surface area contributed by atoms with E-state index in [2.05, 4.69) is 15.1 Å². The largest absolute Gasteiger partial charge is 0.366 e. The van der Waals surface area contributed by atoms with Crippen LogP contribution in [0.5, 0.6) is 0 Å². The summed E-state index contributed by atoms with van der Waals surface area (Å²) in [5.74, 6) is 0.224. The molecule has 0 radical (unpaired) electrons. The van der Waals surface area contributed by atoms with Gasteiger partial charge in [0.25, 0.3) is 0 Å². The molecule has 0 saturated heterocycles. The second-order valence-corrected chi connectivity index (χ2v) is 6.45. The number of nitrogens with zero attached hydrogens (tertiary/aromatic N) is 4. The number of fused-ring (bicyclic) bond motifs is 1. The van der Waals surface area contributed by atoms with Crippen molar-refractivity contribution in [3.05, 3.63) is 47.9 Å². The molecule has 0 aliphatic rings. The van der Waals surface area contributed by atoms with Crippen molar-refractivity contribution in [2.45, 2.75) is 17.7 Å². The third-order valence-electron chi connectivity index (χ3n) is 3.21. The molecule has 0 aliphatic carbocycles. The van der Waals surface area contributed by atoms with Crippen LogP contribution in [0.25, 0.3) is 5.65 Å². The predicted molar refractivity (Wildman–Crippen MR) is 80.4 cm³/mol. The molecule has 0 saturated carbocycles. The molecule has 3 rings (SSSR count). The van der Waals surface area contributed by atoms with Gasteiger partial charge in [-0.25, -0.2) is 18.1 Å². The molecule has 0 aromatic carbocycles. The molecular formula is C13H14N6O2S. The topological polar surface area (TPSA) is 129 Å². The highest BCUT2D eigenvalue weighted by atomic mass is 32.2. The minimum absolute atomic E-state index is 0.0181. The molecule has 0 fully saturated rings. The van der Waals surface area contributed by atoms with Crippen molar-refractivity contribution in [1.29, 1.82) is 0 Å². The van der Waals surface area contributed by atoms with Gasteiger partial charge in [0.1, 0.15) is 4.90 Å². The number of nitrogen functional groups attached to an aromatic ring is 1. The highest BCUT2D eigenvalue weighted by molar-refractivity contribution is 7.89. The highest BCUT2D eigenvalue weighted by Gasteiger charge is 2.09. The number of pyridine rings is 2. The molecule has 114 valence electrons. The minimum atomic E-state index is -3.73. The van der Waals surface area contributed by atoms with Gasteiger partial charge in [0.05, 0.1) is 0 Å². The van der Waals surface area contributed by atoms with Crippen LogP contribution >= 0.6 is 0 Å². The number of aromatic nitrogens is 4. The fourth-order valence-electron chi connectivity index (χ4n) is 2.14. The van der Waals surface area contributed by atoms with Crippen molar-refractivity contribution in [1.82, 2.24) is 19.6 Å². The first kappa shape index (κ1) is 14.4. The summed E-state index contributed by atoms with van der Waals surface area (Å²) in [6.45, 7) is 0. The fraction of sp³-hybridized carbons (Fsp3) is 0.154. The molecular weight excluding hydrogens is 304 g/mol. The summed E-state index contributed by atoms with van der Waals surface area (Å²) in [4.78, 5) is 7.98. The van der Waals surface area contributed by atoms with Crippen molar-refractivity contribution >= 4 is 21.6 Å². The van der Waals surface area contributed by atoms with Crippen LogP contribution in [0.3, 0.4) is 0 Å². The molecule has 0 atom stereocenters. The zero-order chi connectivity index (χ0) is 15.7. The first-order valence-electron chi connectivity index (χ1n) is 6.49. The number of hydrogen-bond donors (Lipinski definition) is 2. The molecule has 0 bridgehead atoms. The van der Waals surface area contributed by atoms with E-state index in [-0.39, 0.29) is 10.8 Å². The summed E-state index contributed by atoms with van der Waals surface area (Å²) in [6, 6.07) is 5.30. The molecule has 22 heavy (non-hydrogen) atoms. The molecule has 3 aromatic heterocycles. The van der Waals surface area contributed by atoms with Crippen LogP contribution < -0.4 is 10.9 Å². The van der Waals surface area contributed by atoms with Crippen molar-refractivity contribution < 1.29 is 8.42 Å². The smallest absolute Gasteiger partial charge is 0.240 e. The van der Waals surface area contributed by atoms with Crippen LogP contribution in [-0.2, 0) is 22.9 Å². The van der Waals surface area contributed by atoms with Crippen molar-refractivity contribution in [2.75, 3.05) is 5.73 Å². The van der Waals surface area contributed by atoms with Crippen LogP contribution in [0.2, 0.25) is 0 Å². The number of anilines is 1. The average Bonchev–Trinajstić information content (AvgIpc) is 2.84. The van der Waals surface area contributed by atoms with E-state index in [0.717, 1.165) is 11.1 Å². The first-order chi connectivity index (χ1) is 10.4. The van der Waals surface area contributed by atoms with E-state index in [4.69, 9.17) is 10.9 Å². The molecule has 4 N–H and O–H groups in total. The number of hydrogen-bond acceptors (Lipinski definition) is 6. The van der Waals surface area contributed by atoms with E-state index in [1.54, 1.807) is 10.7 Å².